The summed E-state index contributed by atoms with van der Waals surface area (Å²) < 4.78 is 6.06. The van der Waals surface area contributed by atoms with Crippen LogP contribution in [-0.4, -0.2) is 65.6 Å². The lowest BCUT2D eigenvalue weighted by Gasteiger charge is -2.32. The maximum atomic E-state index is 12.1. The summed E-state index contributed by atoms with van der Waals surface area (Å²) >= 11 is 0. The van der Waals surface area contributed by atoms with E-state index < -0.39 is 11.8 Å². The Hall–Kier alpha value is -2.38. The largest absolute Gasteiger partial charge is 0.489 e. The molecule has 0 bridgehead atoms. The van der Waals surface area contributed by atoms with Crippen molar-refractivity contribution in [2.24, 2.45) is 0 Å². The minimum absolute atomic E-state index is 0.00227. The number of hydrogen-bond donors (Lipinski definition) is 2. The quantitative estimate of drug-likeness (QED) is 0.712. The first-order valence-electron chi connectivity index (χ1n) is 9.05. The number of benzene rings is 1. The maximum absolute atomic E-state index is 12.1. The molecule has 2 aliphatic rings. The minimum Gasteiger partial charge on any atom is -0.489 e. The number of piperidine rings is 1. The van der Waals surface area contributed by atoms with E-state index in [1.54, 1.807) is 0 Å². The van der Waals surface area contributed by atoms with Crippen molar-refractivity contribution in [3.63, 3.8) is 0 Å². The summed E-state index contributed by atoms with van der Waals surface area (Å²) in [6, 6.07) is 7.37. The molecule has 0 aromatic heterocycles. The Kier molecular flexibility index (Phi) is 5.90. The van der Waals surface area contributed by atoms with E-state index in [-0.39, 0.29) is 25.0 Å². The van der Waals surface area contributed by atoms with Crippen molar-refractivity contribution in [2.45, 2.75) is 25.9 Å². The molecule has 7 heteroatoms. The second kappa shape index (κ2) is 8.33. The number of aliphatic hydroxyl groups is 1. The lowest BCUT2D eigenvalue weighted by molar-refractivity contribution is -0.137. The number of β-amino-alcohol motifs (C(OH)–C–C–N with tert-alkyl or cyclic N) is 1. The lowest BCUT2D eigenvalue weighted by atomic mass is 10.1. The van der Waals surface area contributed by atoms with E-state index in [1.165, 1.54) is 6.08 Å². The third-order valence-corrected chi connectivity index (χ3v) is 4.68. The van der Waals surface area contributed by atoms with E-state index in [0.717, 1.165) is 43.1 Å². The van der Waals surface area contributed by atoms with Gasteiger partial charge in [-0.15, -0.1) is 0 Å². The van der Waals surface area contributed by atoms with Crippen LogP contribution in [0.4, 0.5) is 5.69 Å². The van der Waals surface area contributed by atoms with Crippen LogP contribution in [0.2, 0.25) is 0 Å². The number of anilines is 1. The van der Waals surface area contributed by atoms with Gasteiger partial charge in [-0.25, -0.2) is 0 Å². The standard InChI is InChI=1S/C19H25N3O4/c1-2-21-9-3-4-16(13-21)26-15-7-5-14(6-8-15)20-17-12-18(24)22(10-11-23)19(17)25/h5-8,12,16,20,23H,2-4,9-11,13H2,1H3. The number of carbonyl (C=O) groups excluding carboxylic acids is 2. The third kappa shape index (κ3) is 4.23. The molecule has 2 heterocycles. The number of amides is 2. The number of rotatable bonds is 7. The topological polar surface area (TPSA) is 82.1 Å². The fraction of sp³-hybridized carbons (Fsp3) is 0.474. The van der Waals surface area contributed by atoms with Gasteiger partial charge >= 0.3 is 0 Å². The number of nitrogens with one attached hydrogen (secondary N) is 1. The monoisotopic (exact) mass is 359 g/mol. The number of likely N-dealkylation sites (tertiary alicyclic amines) is 1. The van der Waals surface area contributed by atoms with Gasteiger partial charge in [0.05, 0.1) is 13.2 Å². The van der Waals surface area contributed by atoms with Gasteiger partial charge < -0.3 is 15.2 Å². The molecule has 0 aliphatic carbocycles. The first kappa shape index (κ1) is 18.4. The Morgan fingerprint density at radius 2 is 2.04 bits per heavy atom. The SMILES string of the molecule is CCN1CCCC(Oc2ccc(NC3=CC(=O)N(CCO)C3=O)cc2)C1. The Labute approximate surface area is 153 Å². The summed E-state index contributed by atoms with van der Waals surface area (Å²) in [5, 5.41) is 11.9. The van der Waals surface area contributed by atoms with Crippen LogP contribution < -0.4 is 10.1 Å². The van der Waals surface area contributed by atoms with E-state index in [9.17, 15) is 9.59 Å². The number of imide groups is 1. The highest BCUT2D eigenvalue weighted by Gasteiger charge is 2.30. The second-order valence-corrected chi connectivity index (χ2v) is 6.50. The molecule has 2 N–H and O–H groups in total. The van der Waals surface area contributed by atoms with Crippen LogP contribution in [0.1, 0.15) is 19.8 Å². The molecule has 1 aromatic carbocycles. The molecule has 1 fully saturated rings. The predicted octanol–water partition coefficient (Wildman–Crippen LogP) is 1.21. The van der Waals surface area contributed by atoms with Crippen molar-refractivity contribution in [3.8, 4) is 5.75 Å². The molecule has 2 amide bonds. The highest BCUT2D eigenvalue weighted by molar-refractivity contribution is 6.17. The van der Waals surface area contributed by atoms with Gasteiger partial charge in [0.15, 0.2) is 0 Å². The zero-order valence-electron chi connectivity index (χ0n) is 15.0. The van der Waals surface area contributed by atoms with E-state index in [0.29, 0.717) is 5.69 Å². The molecule has 3 rings (SSSR count). The molecular weight excluding hydrogens is 334 g/mol. The van der Waals surface area contributed by atoms with Crippen molar-refractivity contribution in [1.82, 2.24) is 9.80 Å². The molecule has 1 unspecified atom stereocenters. The summed E-state index contributed by atoms with van der Waals surface area (Å²) in [7, 11) is 0. The molecule has 1 atom stereocenters. The Bertz CT molecular complexity index is 687. The van der Waals surface area contributed by atoms with Gasteiger partial charge in [-0.1, -0.05) is 6.92 Å². The van der Waals surface area contributed by atoms with Gasteiger partial charge in [-0.3, -0.25) is 19.4 Å². The van der Waals surface area contributed by atoms with Crippen LogP contribution in [0.3, 0.4) is 0 Å². The van der Waals surface area contributed by atoms with Crippen LogP contribution >= 0.6 is 0 Å². The third-order valence-electron chi connectivity index (χ3n) is 4.68. The minimum atomic E-state index is -0.425. The van der Waals surface area contributed by atoms with Gasteiger partial charge in [-0.05, 0) is 50.2 Å². The Balaban J connectivity index is 1.57. The molecular formula is C19H25N3O4. The molecule has 2 aliphatic heterocycles. The van der Waals surface area contributed by atoms with Gasteiger partial charge in [-0.2, -0.15) is 0 Å². The van der Waals surface area contributed by atoms with Crippen LogP contribution in [0.15, 0.2) is 36.0 Å². The van der Waals surface area contributed by atoms with Crippen LogP contribution in [0.5, 0.6) is 5.75 Å². The van der Waals surface area contributed by atoms with E-state index in [1.807, 2.05) is 24.3 Å². The van der Waals surface area contributed by atoms with Crippen LogP contribution in [-0.2, 0) is 9.59 Å². The van der Waals surface area contributed by atoms with Gasteiger partial charge in [0.1, 0.15) is 17.6 Å². The lowest BCUT2D eigenvalue weighted by Crippen LogP contribution is -2.40. The van der Waals surface area contributed by atoms with Crippen molar-refractivity contribution in [3.05, 3.63) is 36.0 Å². The van der Waals surface area contributed by atoms with Crippen molar-refractivity contribution >= 4 is 17.5 Å². The molecule has 140 valence electrons. The van der Waals surface area contributed by atoms with E-state index >= 15 is 0 Å². The molecule has 7 nitrogen and oxygen atoms in total. The predicted molar refractivity (Wildman–Crippen MR) is 97.7 cm³/mol. The molecule has 0 radical (unpaired) electrons. The number of carbonyl (C=O) groups is 2. The fourth-order valence-corrected chi connectivity index (χ4v) is 3.27. The van der Waals surface area contributed by atoms with Gasteiger partial charge in [0.2, 0.25) is 0 Å². The molecule has 1 aromatic rings. The molecule has 0 saturated carbocycles. The summed E-state index contributed by atoms with van der Waals surface area (Å²) in [4.78, 5) is 27.3. The number of ether oxygens (including phenoxy) is 1. The molecule has 26 heavy (non-hydrogen) atoms. The highest BCUT2D eigenvalue weighted by atomic mass is 16.5. The summed E-state index contributed by atoms with van der Waals surface area (Å²) in [5.41, 5.74) is 0.914. The summed E-state index contributed by atoms with van der Waals surface area (Å²) in [6.45, 7) is 5.03. The first-order chi connectivity index (χ1) is 12.6. The average molecular weight is 359 g/mol. The van der Waals surface area contributed by atoms with Gasteiger partial charge in [0.25, 0.3) is 11.8 Å². The Morgan fingerprint density at radius 3 is 2.73 bits per heavy atom. The molecule has 1 saturated heterocycles. The van der Waals surface area contributed by atoms with Gasteiger partial charge in [0, 0.05) is 18.3 Å². The first-order valence-corrected chi connectivity index (χ1v) is 9.05. The van der Waals surface area contributed by atoms with E-state index in [4.69, 9.17) is 9.84 Å². The number of hydrogen-bond acceptors (Lipinski definition) is 6. The van der Waals surface area contributed by atoms with Crippen molar-refractivity contribution in [1.29, 1.82) is 0 Å². The Morgan fingerprint density at radius 1 is 1.27 bits per heavy atom. The normalized spacial score (nSPS) is 21.1. The maximum Gasteiger partial charge on any atom is 0.277 e. The fourth-order valence-electron chi connectivity index (χ4n) is 3.27. The number of aliphatic hydroxyl groups excluding tert-OH is 1. The number of nitrogens with zero attached hydrogens (tertiary/aromatic N) is 2. The van der Waals surface area contributed by atoms with Crippen molar-refractivity contribution < 1.29 is 19.4 Å². The zero-order valence-corrected chi connectivity index (χ0v) is 15.0. The summed E-state index contributed by atoms with van der Waals surface area (Å²) in [6.07, 6.45) is 3.66. The van der Waals surface area contributed by atoms with E-state index in [2.05, 4.69) is 17.1 Å². The highest BCUT2D eigenvalue weighted by Crippen LogP contribution is 2.22. The smallest absolute Gasteiger partial charge is 0.277 e. The zero-order chi connectivity index (χ0) is 18.5. The second-order valence-electron chi connectivity index (χ2n) is 6.50. The van der Waals surface area contributed by atoms with Crippen LogP contribution in [0, 0.1) is 0 Å². The number of likely N-dealkylation sites (N-methyl/N-ethyl adjacent to an activating group) is 1. The average Bonchev–Trinajstić information content (AvgIpc) is 2.91. The van der Waals surface area contributed by atoms with Crippen molar-refractivity contribution in [2.75, 3.05) is 38.1 Å². The molecule has 0 spiro atoms. The van der Waals surface area contributed by atoms with Crippen LogP contribution in [0.25, 0.3) is 0 Å². The summed E-state index contributed by atoms with van der Waals surface area (Å²) in [5.74, 6) is -0.0428.